The van der Waals surface area contributed by atoms with Crippen LogP contribution >= 0.6 is 11.3 Å². The fourth-order valence-electron chi connectivity index (χ4n) is 3.74. The number of rotatable bonds is 8. The van der Waals surface area contributed by atoms with Gasteiger partial charge in [-0.15, -0.1) is 11.3 Å². The minimum absolute atomic E-state index is 0.0434. The Bertz CT molecular complexity index is 1370. The third-order valence-electron chi connectivity index (χ3n) is 5.53. The molecule has 1 N–H and O–H groups in total. The molecule has 1 saturated heterocycles. The molecule has 0 saturated carbocycles. The van der Waals surface area contributed by atoms with Crippen LogP contribution in [0.1, 0.15) is 19.3 Å². The van der Waals surface area contributed by atoms with Gasteiger partial charge in [0.15, 0.2) is 0 Å². The molecule has 0 atom stereocenters. The van der Waals surface area contributed by atoms with Crippen molar-refractivity contribution in [3.63, 3.8) is 0 Å². The standard InChI is InChI=1S/C23H24FN3O5S3/c24-18-6-10-20(11-7-18)27(35(31,32)23-5-4-16-33-23)17-22(28)25-19-8-12-21(13-9-19)34(29,30)26-14-2-1-3-15-26/h4-13,16H,1-3,14-15,17H2,(H,25,28). The monoisotopic (exact) mass is 537 g/mol. The highest BCUT2D eigenvalue weighted by Crippen LogP contribution is 2.27. The quantitative estimate of drug-likeness (QED) is 0.470. The summed E-state index contributed by atoms with van der Waals surface area (Å²) in [6.07, 6.45) is 2.66. The highest BCUT2D eigenvalue weighted by atomic mass is 32.2. The van der Waals surface area contributed by atoms with Crippen molar-refractivity contribution >= 4 is 48.7 Å². The minimum atomic E-state index is -4.07. The van der Waals surface area contributed by atoms with Crippen molar-refractivity contribution in [3.8, 4) is 0 Å². The molecule has 0 unspecified atom stereocenters. The van der Waals surface area contributed by atoms with Gasteiger partial charge in [-0.05, 0) is 72.8 Å². The molecule has 0 aliphatic carbocycles. The van der Waals surface area contributed by atoms with E-state index in [2.05, 4.69) is 5.32 Å². The van der Waals surface area contributed by atoms with Crippen LogP contribution in [0, 0.1) is 5.82 Å². The molecule has 2 aromatic carbocycles. The summed E-state index contributed by atoms with van der Waals surface area (Å²) in [7, 11) is -7.67. The molecule has 186 valence electrons. The number of anilines is 2. The Labute approximate surface area is 208 Å². The summed E-state index contributed by atoms with van der Waals surface area (Å²) in [6.45, 7) is 0.414. The van der Waals surface area contributed by atoms with Crippen LogP contribution in [0.5, 0.6) is 0 Å². The van der Waals surface area contributed by atoms with Gasteiger partial charge >= 0.3 is 0 Å². The van der Waals surface area contributed by atoms with Crippen molar-refractivity contribution in [1.82, 2.24) is 4.31 Å². The first-order valence-corrected chi connectivity index (χ1v) is 14.7. The van der Waals surface area contributed by atoms with E-state index in [4.69, 9.17) is 0 Å². The van der Waals surface area contributed by atoms with E-state index in [-0.39, 0.29) is 14.8 Å². The van der Waals surface area contributed by atoms with E-state index >= 15 is 0 Å². The first-order valence-electron chi connectivity index (χ1n) is 10.9. The molecule has 3 aromatic rings. The van der Waals surface area contributed by atoms with Crippen LogP contribution < -0.4 is 9.62 Å². The van der Waals surface area contributed by atoms with Gasteiger partial charge in [0.05, 0.1) is 10.6 Å². The lowest BCUT2D eigenvalue weighted by molar-refractivity contribution is -0.114. The topological polar surface area (TPSA) is 104 Å². The van der Waals surface area contributed by atoms with Crippen LogP contribution in [0.3, 0.4) is 0 Å². The Morgan fingerprint density at radius 2 is 1.60 bits per heavy atom. The molecule has 0 radical (unpaired) electrons. The van der Waals surface area contributed by atoms with Crippen LogP contribution in [-0.2, 0) is 24.8 Å². The summed E-state index contributed by atoms with van der Waals surface area (Å²) < 4.78 is 67.8. The molecule has 0 bridgehead atoms. The van der Waals surface area contributed by atoms with Crippen LogP contribution in [0.4, 0.5) is 15.8 Å². The zero-order valence-corrected chi connectivity index (χ0v) is 21.1. The smallest absolute Gasteiger partial charge is 0.274 e. The molecule has 0 spiro atoms. The number of nitrogens with zero attached hydrogens (tertiary/aromatic N) is 2. The molecule has 1 fully saturated rings. The van der Waals surface area contributed by atoms with Gasteiger partial charge in [-0.1, -0.05) is 12.5 Å². The highest BCUT2D eigenvalue weighted by molar-refractivity contribution is 7.94. The largest absolute Gasteiger partial charge is 0.325 e. The maximum Gasteiger partial charge on any atom is 0.274 e. The van der Waals surface area contributed by atoms with Crippen molar-refractivity contribution in [2.45, 2.75) is 28.4 Å². The summed E-state index contributed by atoms with van der Waals surface area (Å²) in [5.74, 6) is -1.17. The van der Waals surface area contributed by atoms with E-state index in [1.807, 2.05) is 0 Å². The van der Waals surface area contributed by atoms with Gasteiger partial charge in [-0.25, -0.2) is 21.2 Å². The van der Waals surface area contributed by atoms with Gasteiger partial charge in [0.1, 0.15) is 16.6 Å². The number of carbonyl (C=O) groups excluding carboxylic acids is 1. The molecule has 1 aliphatic heterocycles. The normalized spacial score (nSPS) is 15.0. The average molecular weight is 538 g/mol. The van der Waals surface area contributed by atoms with E-state index in [1.165, 1.54) is 46.8 Å². The lowest BCUT2D eigenvalue weighted by Gasteiger charge is -2.26. The predicted molar refractivity (Wildman–Crippen MR) is 133 cm³/mol. The van der Waals surface area contributed by atoms with E-state index in [9.17, 15) is 26.0 Å². The molecule has 2 heterocycles. The first-order chi connectivity index (χ1) is 16.7. The molecule has 1 aliphatic rings. The predicted octanol–water partition coefficient (Wildman–Crippen LogP) is 3.90. The number of thiophene rings is 1. The average Bonchev–Trinajstić information content (AvgIpc) is 3.40. The van der Waals surface area contributed by atoms with E-state index < -0.39 is 38.3 Å². The first kappa shape index (κ1) is 25.3. The van der Waals surface area contributed by atoms with E-state index in [1.54, 1.807) is 11.4 Å². The molecule has 4 rings (SSSR count). The number of halogens is 1. The Hall–Kier alpha value is -2.80. The molecule has 1 amide bonds. The van der Waals surface area contributed by atoms with Crippen molar-refractivity contribution in [3.05, 3.63) is 71.9 Å². The Morgan fingerprint density at radius 3 is 2.20 bits per heavy atom. The number of piperidine rings is 1. The van der Waals surface area contributed by atoms with Crippen molar-refractivity contribution in [1.29, 1.82) is 0 Å². The van der Waals surface area contributed by atoms with Crippen molar-refractivity contribution < 1.29 is 26.0 Å². The van der Waals surface area contributed by atoms with Crippen LogP contribution in [0.25, 0.3) is 0 Å². The van der Waals surface area contributed by atoms with Gasteiger partial charge < -0.3 is 5.32 Å². The lowest BCUT2D eigenvalue weighted by atomic mass is 10.2. The van der Waals surface area contributed by atoms with Gasteiger partial charge in [-0.3, -0.25) is 9.10 Å². The third kappa shape index (κ3) is 5.72. The number of hydrogen-bond donors (Lipinski definition) is 1. The van der Waals surface area contributed by atoms with Gasteiger partial charge in [0, 0.05) is 18.8 Å². The third-order valence-corrected chi connectivity index (χ3v) is 10.6. The van der Waals surface area contributed by atoms with Crippen LogP contribution in [0.2, 0.25) is 0 Å². The Balaban J connectivity index is 1.51. The van der Waals surface area contributed by atoms with E-state index in [0.29, 0.717) is 18.8 Å². The molecular formula is C23H24FN3O5S3. The molecule has 8 nitrogen and oxygen atoms in total. The number of nitrogens with one attached hydrogen (secondary N) is 1. The van der Waals surface area contributed by atoms with Gasteiger partial charge in [0.2, 0.25) is 15.9 Å². The Morgan fingerprint density at radius 1 is 0.943 bits per heavy atom. The lowest BCUT2D eigenvalue weighted by Crippen LogP contribution is -2.38. The van der Waals surface area contributed by atoms with Crippen LogP contribution in [-0.4, -0.2) is 46.7 Å². The Kier molecular flexibility index (Phi) is 7.55. The molecular weight excluding hydrogens is 513 g/mol. The summed E-state index contributed by atoms with van der Waals surface area (Å²) in [5, 5.41) is 4.21. The summed E-state index contributed by atoms with van der Waals surface area (Å²) in [6, 6.07) is 13.6. The fourth-order valence-corrected chi connectivity index (χ4v) is 7.78. The number of benzene rings is 2. The number of amides is 1. The van der Waals surface area contributed by atoms with Crippen LogP contribution in [0.15, 0.2) is 75.1 Å². The van der Waals surface area contributed by atoms with Gasteiger partial charge in [0.25, 0.3) is 10.0 Å². The fraction of sp³-hybridized carbons (Fsp3) is 0.261. The van der Waals surface area contributed by atoms with Gasteiger partial charge in [-0.2, -0.15) is 4.31 Å². The van der Waals surface area contributed by atoms with Crippen molar-refractivity contribution in [2.75, 3.05) is 29.3 Å². The number of hydrogen-bond acceptors (Lipinski definition) is 6. The van der Waals surface area contributed by atoms with Crippen molar-refractivity contribution in [2.24, 2.45) is 0 Å². The maximum atomic E-state index is 13.4. The molecule has 1 aromatic heterocycles. The summed E-state index contributed by atoms with van der Waals surface area (Å²) >= 11 is 1.01. The minimum Gasteiger partial charge on any atom is -0.325 e. The highest BCUT2D eigenvalue weighted by Gasteiger charge is 2.29. The number of sulfonamides is 2. The summed E-state index contributed by atoms with van der Waals surface area (Å²) in [5.41, 5.74) is 0.457. The van der Waals surface area contributed by atoms with E-state index in [0.717, 1.165) is 47.0 Å². The maximum absolute atomic E-state index is 13.4. The zero-order chi connectivity index (χ0) is 25.1. The zero-order valence-electron chi connectivity index (χ0n) is 18.6. The second-order valence-corrected chi connectivity index (χ2v) is 12.9. The molecule has 35 heavy (non-hydrogen) atoms. The second kappa shape index (κ2) is 10.4. The summed E-state index contributed by atoms with van der Waals surface area (Å²) in [4.78, 5) is 12.9. The SMILES string of the molecule is O=C(CN(c1ccc(F)cc1)S(=O)(=O)c1cccs1)Nc1ccc(S(=O)(=O)N2CCCCC2)cc1. The second-order valence-electron chi connectivity index (χ2n) is 7.96. The molecule has 12 heteroatoms. The number of carbonyl (C=O) groups is 1.